The topological polar surface area (TPSA) is 86.6 Å². The number of carboxylic acid groups (broad SMARTS) is 1. The Balaban J connectivity index is 2.41. The van der Waals surface area contributed by atoms with Crippen molar-refractivity contribution in [3.63, 3.8) is 0 Å². The minimum atomic E-state index is -1.24. The summed E-state index contributed by atoms with van der Waals surface area (Å²) in [6, 6.07) is 6.43. The van der Waals surface area contributed by atoms with Crippen LogP contribution < -0.4 is 5.32 Å². The fourth-order valence-electron chi connectivity index (χ4n) is 1.20. The molecule has 0 unspecified atom stereocenters. The number of amides is 1. The van der Waals surface area contributed by atoms with Crippen molar-refractivity contribution in [1.82, 2.24) is 5.32 Å². The molecule has 1 rings (SSSR count). The first-order valence-corrected chi connectivity index (χ1v) is 6.34. The molecule has 0 aliphatic heterocycles. The maximum atomic E-state index is 11.5. The highest BCUT2D eigenvalue weighted by Gasteiger charge is 2.18. The number of hydrogen-bond donors (Lipinski definition) is 3. The van der Waals surface area contributed by atoms with Gasteiger partial charge in [0.05, 0.1) is 12.4 Å². The van der Waals surface area contributed by atoms with Gasteiger partial charge < -0.3 is 15.5 Å². The van der Waals surface area contributed by atoms with Crippen LogP contribution in [0.4, 0.5) is 0 Å². The average Bonchev–Trinajstić information content (AvgIpc) is 2.35. The van der Waals surface area contributed by atoms with Crippen molar-refractivity contribution in [2.45, 2.75) is 17.9 Å². The molecular weight excluding hydrogens is 254 g/mol. The third-order valence-corrected chi connectivity index (χ3v) is 3.22. The molecule has 98 valence electrons. The summed E-state index contributed by atoms with van der Waals surface area (Å²) in [4.78, 5) is 23.0. The van der Waals surface area contributed by atoms with E-state index >= 15 is 0 Å². The Morgan fingerprint density at radius 1 is 1.33 bits per heavy atom. The molecule has 6 heteroatoms. The van der Waals surface area contributed by atoms with E-state index in [1.54, 1.807) is 0 Å². The van der Waals surface area contributed by atoms with Crippen LogP contribution in [0.1, 0.15) is 5.56 Å². The number of thioether (sulfide) groups is 1. The lowest BCUT2D eigenvalue weighted by atomic mass is 10.2. The van der Waals surface area contributed by atoms with Crippen LogP contribution in [0.5, 0.6) is 0 Å². The van der Waals surface area contributed by atoms with Crippen molar-refractivity contribution in [2.24, 2.45) is 0 Å². The predicted octanol–water partition coefficient (Wildman–Crippen LogP) is 0.649. The van der Waals surface area contributed by atoms with E-state index in [-0.39, 0.29) is 5.75 Å². The summed E-state index contributed by atoms with van der Waals surface area (Å²) in [7, 11) is 0. The van der Waals surface area contributed by atoms with Crippen molar-refractivity contribution in [3.05, 3.63) is 29.8 Å². The molecule has 0 bridgehead atoms. The lowest BCUT2D eigenvalue weighted by molar-refractivity contribution is -0.142. The van der Waals surface area contributed by atoms with Crippen molar-refractivity contribution in [3.8, 4) is 0 Å². The van der Waals surface area contributed by atoms with Gasteiger partial charge in [0.15, 0.2) is 0 Å². The van der Waals surface area contributed by atoms with Gasteiger partial charge in [-0.05, 0) is 19.1 Å². The van der Waals surface area contributed by atoms with E-state index in [1.807, 2.05) is 31.2 Å². The first-order valence-electron chi connectivity index (χ1n) is 5.35. The molecule has 0 heterocycles. The summed E-state index contributed by atoms with van der Waals surface area (Å²) in [5.41, 5.74) is 1.13. The number of aliphatic carboxylic acids is 1. The van der Waals surface area contributed by atoms with Gasteiger partial charge in [-0.25, -0.2) is 4.79 Å². The number of nitrogens with one attached hydrogen (secondary N) is 1. The highest BCUT2D eigenvalue weighted by molar-refractivity contribution is 8.00. The summed E-state index contributed by atoms with van der Waals surface area (Å²) in [6.07, 6.45) is 0. The highest BCUT2D eigenvalue weighted by atomic mass is 32.2. The first kappa shape index (κ1) is 14.5. The average molecular weight is 269 g/mol. The Labute approximate surface area is 109 Å². The summed E-state index contributed by atoms with van der Waals surface area (Å²) < 4.78 is 0. The molecular formula is C12H15NO4S. The Morgan fingerprint density at radius 2 is 1.94 bits per heavy atom. The Bertz CT molecular complexity index is 419. The molecule has 1 amide bonds. The second-order valence-corrected chi connectivity index (χ2v) is 4.79. The van der Waals surface area contributed by atoms with Crippen molar-refractivity contribution in [2.75, 3.05) is 12.4 Å². The number of carbonyl (C=O) groups is 2. The zero-order chi connectivity index (χ0) is 13.5. The molecule has 0 spiro atoms. The molecule has 18 heavy (non-hydrogen) atoms. The molecule has 1 aromatic carbocycles. The molecule has 0 saturated heterocycles. The number of carboxylic acids is 1. The van der Waals surface area contributed by atoms with Crippen LogP contribution in [-0.4, -0.2) is 40.5 Å². The lowest BCUT2D eigenvalue weighted by Crippen LogP contribution is -2.44. The zero-order valence-corrected chi connectivity index (χ0v) is 10.7. The second-order valence-electron chi connectivity index (χ2n) is 3.74. The Hall–Kier alpha value is -1.53. The van der Waals surface area contributed by atoms with Gasteiger partial charge in [0, 0.05) is 4.90 Å². The fraction of sp³-hybridized carbons (Fsp3) is 0.333. The van der Waals surface area contributed by atoms with Gasteiger partial charge in [0.25, 0.3) is 0 Å². The van der Waals surface area contributed by atoms with Crippen LogP contribution in [0.25, 0.3) is 0 Å². The maximum absolute atomic E-state index is 11.5. The molecule has 0 aromatic heterocycles. The number of rotatable bonds is 6. The number of aliphatic hydroxyl groups excluding tert-OH is 1. The molecule has 0 saturated carbocycles. The Kier molecular flexibility index (Phi) is 5.67. The van der Waals surface area contributed by atoms with Crippen molar-refractivity contribution < 1.29 is 19.8 Å². The van der Waals surface area contributed by atoms with E-state index in [9.17, 15) is 9.59 Å². The molecule has 0 aliphatic rings. The molecule has 0 radical (unpaired) electrons. The molecule has 3 N–H and O–H groups in total. The molecule has 1 atom stereocenters. The summed E-state index contributed by atoms with van der Waals surface area (Å²) in [5.74, 6) is -1.54. The SMILES string of the molecule is Cc1ccc(SCC(=O)N[C@H](CO)C(=O)O)cc1. The third kappa shape index (κ3) is 4.77. The van der Waals surface area contributed by atoms with Crippen molar-refractivity contribution in [1.29, 1.82) is 0 Å². The fourth-order valence-corrected chi connectivity index (χ4v) is 1.91. The van der Waals surface area contributed by atoms with E-state index in [4.69, 9.17) is 10.2 Å². The number of aliphatic hydroxyl groups is 1. The number of carbonyl (C=O) groups excluding carboxylic acids is 1. The summed E-state index contributed by atoms with van der Waals surface area (Å²) >= 11 is 1.31. The van der Waals surface area contributed by atoms with Crippen LogP contribution in [0.2, 0.25) is 0 Å². The normalized spacial score (nSPS) is 11.9. The van der Waals surface area contributed by atoms with Crippen LogP contribution in [0.3, 0.4) is 0 Å². The predicted molar refractivity (Wildman–Crippen MR) is 68.6 cm³/mol. The maximum Gasteiger partial charge on any atom is 0.328 e. The monoisotopic (exact) mass is 269 g/mol. The third-order valence-electron chi connectivity index (χ3n) is 2.21. The van der Waals surface area contributed by atoms with Crippen LogP contribution in [-0.2, 0) is 9.59 Å². The molecule has 0 fully saturated rings. The zero-order valence-electron chi connectivity index (χ0n) is 9.92. The van der Waals surface area contributed by atoms with Gasteiger partial charge in [-0.15, -0.1) is 11.8 Å². The van der Waals surface area contributed by atoms with E-state index in [1.165, 1.54) is 11.8 Å². The van der Waals surface area contributed by atoms with Gasteiger partial charge in [-0.1, -0.05) is 17.7 Å². The van der Waals surface area contributed by atoms with Gasteiger partial charge in [-0.3, -0.25) is 4.79 Å². The second kappa shape index (κ2) is 7.03. The standard InChI is InChI=1S/C12H15NO4S/c1-8-2-4-9(5-3-8)18-7-11(15)13-10(6-14)12(16)17/h2-5,10,14H,6-7H2,1H3,(H,13,15)(H,16,17)/t10-/m1/s1. The summed E-state index contributed by atoms with van der Waals surface area (Å²) in [6.45, 7) is 1.36. The van der Waals surface area contributed by atoms with Gasteiger partial charge in [0.1, 0.15) is 6.04 Å². The minimum absolute atomic E-state index is 0.118. The first-order chi connectivity index (χ1) is 8.52. The minimum Gasteiger partial charge on any atom is -0.480 e. The molecule has 0 aliphatic carbocycles. The number of aryl methyl sites for hydroxylation is 1. The highest BCUT2D eigenvalue weighted by Crippen LogP contribution is 2.17. The molecule has 5 nitrogen and oxygen atoms in total. The van der Waals surface area contributed by atoms with E-state index < -0.39 is 24.5 Å². The van der Waals surface area contributed by atoms with Crippen LogP contribution in [0, 0.1) is 6.92 Å². The van der Waals surface area contributed by atoms with Gasteiger partial charge in [-0.2, -0.15) is 0 Å². The largest absolute Gasteiger partial charge is 0.480 e. The van der Waals surface area contributed by atoms with E-state index in [0.717, 1.165) is 10.5 Å². The molecule has 1 aromatic rings. The Morgan fingerprint density at radius 3 is 2.44 bits per heavy atom. The van der Waals surface area contributed by atoms with E-state index in [0.29, 0.717) is 0 Å². The van der Waals surface area contributed by atoms with Crippen molar-refractivity contribution >= 4 is 23.6 Å². The number of hydrogen-bond acceptors (Lipinski definition) is 4. The van der Waals surface area contributed by atoms with E-state index in [2.05, 4.69) is 5.32 Å². The van der Waals surface area contributed by atoms with Crippen LogP contribution in [0.15, 0.2) is 29.2 Å². The van der Waals surface area contributed by atoms with Crippen LogP contribution >= 0.6 is 11.8 Å². The number of benzene rings is 1. The smallest absolute Gasteiger partial charge is 0.328 e. The lowest BCUT2D eigenvalue weighted by Gasteiger charge is -2.11. The summed E-state index contributed by atoms with van der Waals surface area (Å²) in [5, 5.41) is 19.7. The quantitative estimate of drug-likeness (QED) is 0.660. The van der Waals surface area contributed by atoms with Gasteiger partial charge >= 0.3 is 5.97 Å². The van der Waals surface area contributed by atoms with Gasteiger partial charge in [0.2, 0.25) is 5.91 Å².